The summed E-state index contributed by atoms with van der Waals surface area (Å²) < 4.78 is 4.18. The number of halogens is 1. The molecule has 0 aromatic heterocycles. The van der Waals surface area contributed by atoms with Crippen LogP contribution in [0.2, 0.25) is 0 Å². The Balaban J connectivity index is 3.48. The van der Waals surface area contributed by atoms with Gasteiger partial charge in [0.15, 0.2) is 0 Å². The van der Waals surface area contributed by atoms with E-state index in [0.717, 1.165) is 0 Å². The standard InChI is InChI=1S/CH4ClO2PS/c1-4-5(2,3)6/h1H3,(H,3,6). The van der Waals surface area contributed by atoms with Crippen molar-refractivity contribution in [3.05, 3.63) is 0 Å². The lowest BCUT2D eigenvalue weighted by Crippen LogP contribution is -1.67. The van der Waals surface area contributed by atoms with Crippen LogP contribution < -0.4 is 0 Å². The zero-order chi connectivity index (χ0) is 5.21. The van der Waals surface area contributed by atoms with E-state index in [2.05, 4.69) is 16.3 Å². The Bertz CT molecular complexity index is 77.6. The third kappa shape index (κ3) is 4.86. The second kappa shape index (κ2) is 2.24. The number of hydrogen-bond donors (Lipinski definition) is 1. The van der Waals surface area contributed by atoms with E-state index in [-0.39, 0.29) is 0 Å². The quantitative estimate of drug-likeness (QED) is 0.562. The molecule has 0 spiro atoms. The van der Waals surface area contributed by atoms with E-state index < -0.39 is 5.84 Å². The fraction of sp³-hybridized carbons (Fsp3) is 1.00. The SMILES string of the molecule is COP(O)(=S)Cl. The Hall–Kier alpha value is 0.860. The molecular formula is CH4ClO2PS. The van der Waals surface area contributed by atoms with Crippen LogP contribution in [0.25, 0.3) is 0 Å². The van der Waals surface area contributed by atoms with Crippen molar-refractivity contribution in [2.45, 2.75) is 0 Å². The van der Waals surface area contributed by atoms with Gasteiger partial charge in [0.1, 0.15) is 0 Å². The van der Waals surface area contributed by atoms with Crippen LogP contribution in [0, 0.1) is 0 Å². The van der Waals surface area contributed by atoms with Crippen LogP contribution in [-0.4, -0.2) is 12.0 Å². The molecule has 1 atom stereocenters. The van der Waals surface area contributed by atoms with Crippen molar-refractivity contribution in [3.8, 4) is 0 Å². The highest BCUT2D eigenvalue weighted by Crippen LogP contribution is 2.46. The van der Waals surface area contributed by atoms with Crippen molar-refractivity contribution in [1.82, 2.24) is 0 Å². The van der Waals surface area contributed by atoms with E-state index in [9.17, 15) is 0 Å². The predicted molar refractivity (Wildman–Crippen MR) is 29.4 cm³/mol. The van der Waals surface area contributed by atoms with Gasteiger partial charge in [-0.05, 0) is 23.0 Å². The smallest absolute Gasteiger partial charge is 0.278 e. The minimum absolute atomic E-state index is 1.27. The van der Waals surface area contributed by atoms with E-state index in [1.807, 2.05) is 0 Å². The molecule has 0 rings (SSSR count). The van der Waals surface area contributed by atoms with E-state index in [0.29, 0.717) is 0 Å². The molecule has 0 aromatic carbocycles. The normalized spacial score (nSPS) is 19.8. The maximum atomic E-state index is 8.30. The molecule has 0 amide bonds. The minimum Gasteiger partial charge on any atom is -0.334 e. The summed E-state index contributed by atoms with van der Waals surface area (Å²) in [4.78, 5) is 8.30. The highest BCUT2D eigenvalue weighted by molar-refractivity contribution is 8.21. The maximum absolute atomic E-state index is 8.30. The Labute approximate surface area is 46.0 Å². The molecule has 0 aliphatic carbocycles. The minimum atomic E-state index is -2.84. The number of hydrogen-bond acceptors (Lipinski definition) is 2. The molecule has 2 nitrogen and oxygen atoms in total. The van der Waals surface area contributed by atoms with Gasteiger partial charge in [-0.2, -0.15) is 0 Å². The molecule has 5 heteroatoms. The molecule has 0 aliphatic heterocycles. The average molecular weight is 147 g/mol. The van der Waals surface area contributed by atoms with Gasteiger partial charge in [0.2, 0.25) is 0 Å². The summed E-state index contributed by atoms with van der Waals surface area (Å²) in [5, 5.41) is 0. The molecule has 38 valence electrons. The number of rotatable bonds is 1. The molecule has 1 N–H and O–H groups in total. The van der Waals surface area contributed by atoms with Gasteiger partial charge in [-0.25, -0.2) is 0 Å². The first-order chi connectivity index (χ1) is 2.56. The van der Waals surface area contributed by atoms with Gasteiger partial charge in [-0.15, -0.1) is 0 Å². The van der Waals surface area contributed by atoms with Crippen LogP contribution in [0.15, 0.2) is 0 Å². The summed E-state index contributed by atoms with van der Waals surface area (Å²) in [6.45, 7) is 0. The molecule has 0 radical (unpaired) electrons. The topological polar surface area (TPSA) is 29.5 Å². The Morgan fingerprint density at radius 2 is 2.17 bits per heavy atom. The molecule has 0 fully saturated rings. The van der Waals surface area contributed by atoms with Gasteiger partial charge in [-0.3, -0.25) is 0 Å². The first kappa shape index (κ1) is 6.86. The van der Waals surface area contributed by atoms with Crippen molar-refractivity contribution in [3.63, 3.8) is 0 Å². The molecule has 6 heavy (non-hydrogen) atoms. The molecule has 0 saturated carbocycles. The lowest BCUT2D eigenvalue weighted by Gasteiger charge is -1.97. The van der Waals surface area contributed by atoms with Crippen LogP contribution in [0.5, 0.6) is 0 Å². The zero-order valence-electron chi connectivity index (χ0n) is 3.09. The van der Waals surface area contributed by atoms with Gasteiger partial charge in [0.05, 0.1) is 0 Å². The van der Waals surface area contributed by atoms with E-state index in [4.69, 9.17) is 16.1 Å². The van der Waals surface area contributed by atoms with E-state index in [1.54, 1.807) is 0 Å². The van der Waals surface area contributed by atoms with Gasteiger partial charge >= 0.3 is 0 Å². The lowest BCUT2D eigenvalue weighted by atomic mass is 11.8. The van der Waals surface area contributed by atoms with Gasteiger partial charge in [0.25, 0.3) is 5.84 Å². The third-order valence-electron chi connectivity index (χ3n) is 0.225. The molecule has 0 aliphatic rings. The predicted octanol–water partition coefficient (Wildman–Crippen LogP) is 1.09. The van der Waals surface area contributed by atoms with Gasteiger partial charge < -0.3 is 9.42 Å². The van der Waals surface area contributed by atoms with Crippen molar-refractivity contribution in [2.75, 3.05) is 7.11 Å². The molecule has 1 unspecified atom stereocenters. The van der Waals surface area contributed by atoms with E-state index >= 15 is 0 Å². The largest absolute Gasteiger partial charge is 0.334 e. The van der Waals surface area contributed by atoms with Crippen molar-refractivity contribution in [1.29, 1.82) is 0 Å². The average Bonchev–Trinajstić information content (AvgIpc) is 1.35. The van der Waals surface area contributed by atoms with Crippen molar-refractivity contribution >= 4 is 28.9 Å². The summed E-state index contributed by atoms with van der Waals surface area (Å²) in [5.74, 6) is -2.84. The zero-order valence-corrected chi connectivity index (χ0v) is 5.56. The summed E-state index contributed by atoms with van der Waals surface area (Å²) in [5.41, 5.74) is 0. The van der Waals surface area contributed by atoms with Crippen LogP contribution in [0.4, 0.5) is 0 Å². The van der Waals surface area contributed by atoms with Crippen molar-refractivity contribution < 1.29 is 9.42 Å². The summed E-state index contributed by atoms with van der Waals surface area (Å²) in [6.07, 6.45) is 0. The highest BCUT2D eigenvalue weighted by Gasteiger charge is 2.00. The van der Waals surface area contributed by atoms with Crippen LogP contribution in [-0.2, 0) is 16.3 Å². The molecular weight excluding hydrogens is 143 g/mol. The lowest BCUT2D eigenvalue weighted by molar-refractivity contribution is 0.403. The van der Waals surface area contributed by atoms with Crippen molar-refractivity contribution in [2.24, 2.45) is 0 Å². The summed E-state index contributed by atoms with van der Waals surface area (Å²) in [7, 11) is 1.27. The Morgan fingerprint density at radius 1 is 2.00 bits per heavy atom. The molecule has 0 heterocycles. The first-order valence-electron chi connectivity index (χ1n) is 1.14. The molecule has 0 bridgehead atoms. The van der Waals surface area contributed by atoms with Gasteiger partial charge in [-0.1, -0.05) is 0 Å². The Morgan fingerprint density at radius 3 is 2.17 bits per heavy atom. The summed E-state index contributed by atoms with van der Waals surface area (Å²) in [6, 6.07) is 0. The van der Waals surface area contributed by atoms with Crippen LogP contribution >= 0.6 is 17.1 Å². The monoisotopic (exact) mass is 146 g/mol. The van der Waals surface area contributed by atoms with Crippen LogP contribution in [0.3, 0.4) is 0 Å². The molecule has 0 aromatic rings. The Kier molecular flexibility index (Phi) is 2.56. The third-order valence-corrected chi connectivity index (χ3v) is 1.54. The highest BCUT2D eigenvalue weighted by atomic mass is 35.7. The maximum Gasteiger partial charge on any atom is 0.278 e. The second-order valence-corrected chi connectivity index (χ2v) is 5.36. The fourth-order valence-electron chi connectivity index (χ4n) is 0. The molecule has 0 saturated heterocycles. The first-order valence-corrected chi connectivity index (χ1v) is 4.72. The van der Waals surface area contributed by atoms with Crippen LogP contribution in [0.1, 0.15) is 0 Å². The van der Waals surface area contributed by atoms with E-state index in [1.165, 1.54) is 7.11 Å². The summed E-state index contributed by atoms with van der Waals surface area (Å²) >= 11 is 9.17. The fourth-order valence-corrected chi connectivity index (χ4v) is 0. The van der Waals surface area contributed by atoms with Gasteiger partial charge in [0, 0.05) is 7.11 Å². The second-order valence-electron chi connectivity index (χ2n) is 0.634.